The number of halogens is 2. The monoisotopic (exact) mass is 292 g/mol. The van der Waals surface area contributed by atoms with E-state index in [0.717, 1.165) is 5.69 Å². The zero-order valence-corrected chi connectivity index (χ0v) is 11.3. The number of aryl methyl sites for hydroxylation is 1. The van der Waals surface area contributed by atoms with Gasteiger partial charge < -0.3 is 4.74 Å². The van der Waals surface area contributed by atoms with Crippen molar-refractivity contribution in [2.24, 2.45) is 0 Å². The van der Waals surface area contributed by atoms with Crippen LogP contribution in [-0.4, -0.2) is 11.6 Å². The SMILES string of the molecule is Cc1csc(/C(C#N)=C/c2cccc(OC(F)F)c2)n1. The van der Waals surface area contributed by atoms with Crippen molar-refractivity contribution in [1.29, 1.82) is 5.26 Å². The average Bonchev–Trinajstić information content (AvgIpc) is 2.82. The molecule has 0 atom stereocenters. The molecule has 0 radical (unpaired) electrons. The molecule has 0 fully saturated rings. The molecule has 1 aromatic heterocycles. The summed E-state index contributed by atoms with van der Waals surface area (Å²) in [5.41, 5.74) is 1.82. The Hall–Kier alpha value is -2.26. The van der Waals surface area contributed by atoms with Gasteiger partial charge in [-0.15, -0.1) is 11.3 Å². The van der Waals surface area contributed by atoms with Crippen LogP contribution in [0, 0.1) is 18.3 Å². The van der Waals surface area contributed by atoms with Crippen LogP contribution in [0.1, 0.15) is 16.3 Å². The molecule has 3 nitrogen and oxygen atoms in total. The molecule has 2 rings (SSSR count). The summed E-state index contributed by atoms with van der Waals surface area (Å²) in [5, 5.41) is 11.6. The minimum Gasteiger partial charge on any atom is -0.435 e. The second-order valence-electron chi connectivity index (χ2n) is 3.91. The van der Waals surface area contributed by atoms with Gasteiger partial charge in [-0.2, -0.15) is 14.0 Å². The maximum Gasteiger partial charge on any atom is 0.387 e. The maximum absolute atomic E-state index is 12.2. The van der Waals surface area contributed by atoms with Crippen molar-refractivity contribution in [1.82, 2.24) is 4.98 Å². The molecule has 1 aromatic carbocycles. The first-order valence-electron chi connectivity index (χ1n) is 5.67. The van der Waals surface area contributed by atoms with Gasteiger partial charge in [-0.1, -0.05) is 12.1 Å². The molecule has 0 bridgehead atoms. The Morgan fingerprint density at radius 2 is 2.30 bits per heavy atom. The first-order chi connectivity index (χ1) is 9.58. The van der Waals surface area contributed by atoms with Crippen LogP contribution in [0.4, 0.5) is 8.78 Å². The molecule has 0 N–H and O–H groups in total. The Bertz CT molecular complexity index is 674. The molecule has 6 heteroatoms. The van der Waals surface area contributed by atoms with Crippen LogP contribution in [-0.2, 0) is 0 Å². The normalized spacial score (nSPS) is 11.4. The van der Waals surface area contributed by atoms with Gasteiger partial charge in [0.1, 0.15) is 16.8 Å². The fourth-order valence-electron chi connectivity index (χ4n) is 1.57. The fraction of sp³-hybridized carbons (Fsp3) is 0.143. The lowest BCUT2D eigenvalue weighted by Crippen LogP contribution is -2.01. The summed E-state index contributed by atoms with van der Waals surface area (Å²) in [6.07, 6.45) is 1.59. The van der Waals surface area contributed by atoms with E-state index in [9.17, 15) is 8.78 Å². The highest BCUT2D eigenvalue weighted by atomic mass is 32.1. The number of thiazole rings is 1. The lowest BCUT2D eigenvalue weighted by atomic mass is 10.1. The zero-order valence-electron chi connectivity index (χ0n) is 10.5. The van der Waals surface area contributed by atoms with E-state index in [2.05, 4.69) is 15.8 Å². The van der Waals surface area contributed by atoms with Gasteiger partial charge in [0.15, 0.2) is 0 Å². The quantitative estimate of drug-likeness (QED) is 0.796. The second kappa shape index (κ2) is 6.26. The molecule has 0 spiro atoms. The van der Waals surface area contributed by atoms with Gasteiger partial charge in [0.05, 0.1) is 5.57 Å². The van der Waals surface area contributed by atoms with Crippen LogP contribution in [0.2, 0.25) is 0 Å². The highest BCUT2D eigenvalue weighted by Gasteiger charge is 2.07. The third-order valence-electron chi connectivity index (χ3n) is 2.36. The summed E-state index contributed by atoms with van der Waals surface area (Å²) in [5.74, 6) is 0.0568. The number of aromatic nitrogens is 1. The molecule has 0 aliphatic rings. The molecule has 0 unspecified atom stereocenters. The van der Waals surface area contributed by atoms with E-state index in [1.807, 2.05) is 12.3 Å². The first-order valence-corrected chi connectivity index (χ1v) is 6.55. The summed E-state index contributed by atoms with van der Waals surface area (Å²) in [6, 6.07) is 8.24. The van der Waals surface area contributed by atoms with E-state index in [0.29, 0.717) is 16.1 Å². The lowest BCUT2D eigenvalue weighted by molar-refractivity contribution is -0.0498. The predicted molar refractivity (Wildman–Crippen MR) is 73.4 cm³/mol. The van der Waals surface area contributed by atoms with E-state index in [1.165, 1.54) is 23.5 Å². The number of hydrogen-bond acceptors (Lipinski definition) is 4. The first kappa shape index (κ1) is 14.2. The third kappa shape index (κ3) is 3.62. The van der Waals surface area contributed by atoms with Crippen molar-refractivity contribution in [2.75, 3.05) is 0 Å². The Morgan fingerprint density at radius 1 is 1.50 bits per heavy atom. The van der Waals surface area contributed by atoms with Crippen molar-refractivity contribution in [3.8, 4) is 11.8 Å². The summed E-state index contributed by atoms with van der Waals surface area (Å²) >= 11 is 1.36. The number of alkyl halides is 2. The van der Waals surface area contributed by atoms with Crippen molar-refractivity contribution < 1.29 is 13.5 Å². The molecule has 0 aliphatic carbocycles. The van der Waals surface area contributed by atoms with Crippen LogP contribution in [0.5, 0.6) is 5.75 Å². The molecule has 0 saturated carbocycles. The standard InChI is InChI=1S/C14H10F2N2OS/c1-9-8-20-13(18-9)11(7-17)5-10-3-2-4-12(6-10)19-14(15)16/h2-6,8,14H,1H3/b11-5+. The number of ether oxygens (including phenoxy) is 1. The van der Waals surface area contributed by atoms with Gasteiger partial charge >= 0.3 is 6.61 Å². The Kier molecular flexibility index (Phi) is 4.43. The van der Waals surface area contributed by atoms with Crippen molar-refractivity contribution >= 4 is 23.0 Å². The topological polar surface area (TPSA) is 45.9 Å². The zero-order chi connectivity index (χ0) is 14.5. The number of rotatable bonds is 4. The smallest absolute Gasteiger partial charge is 0.387 e. The summed E-state index contributed by atoms with van der Waals surface area (Å²) < 4.78 is 28.6. The molecule has 20 heavy (non-hydrogen) atoms. The lowest BCUT2D eigenvalue weighted by Gasteiger charge is -2.04. The molecular formula is C14H10F2N2OS. The van der Waals surface area contributed by atoms with Crippen LogP contribution in [0.15, 0.2) is 29.6 Å². The average molecular weight is 292 g/mol. The summed E-state index contributed by atoms with van der Waals surface area (Å²) in [4.78, 5) is 4.23. The van der Waals surface area contributed by atoms with E-state index < -0.39 is 6.61 Å². The van der Waals surface area contributed by atoms with E-state index >= 15 is 0 Å². The summed E-state index contributed by atoms with van der Waals surface area (Å²) in [7, 11) is 0. The van der Waals surface area contributed by atoms with Crippen molar-refractivity contribution in [2.45, 2.75) is 13.5 Å². The number of benzene rings is 1. The van der Waals surface area contributed by atoms with E-state index in [4.69, 9.17) is 5.26 Å². The van der Waals surface area contributed by atoms with Gasteiger partial charge in [0.25, 0.3) is 0 Å². The van der Waals surface area contributed by atoms with E-state index in [-0.39, 0.29) is 5.75 Å². The van der Waals surface area contributed by atoms with Crippen LogP contribution < -0.4 is 4.74 Å². The fourth-order valence-corrected chi connectivity index (χ4v) is 2.33. The Balaban J connectivity index is 2.31. The molecule has 102 valence electrons. The maximum atomic E-state index is 12.2. The highest BCUT2D eigenvalue weighted by molar-refractivity contribution is 7.11. The molecule has 0 amide bonds. The van der Waals surface area contributed by atoms with Crippen LogP contribution in [0.3, 0.4) is 0 Å². The largest absolute Gasteiger partial charge is 0.435 e. The van der Waals surface area contributed by atoms with Gasteiger partial charge in [-0.05, 0) is 30.7 Å². The highest BCUT2D eigenvalue weighted by Crippen LogP contribution is 2.23. The predicted octanol–water partition coefficient (Wildman–Crippen LogP) is 4.12. The number of hydrogen-bond donors (Lipinski definition) is 0. The number of nitriles is 1. The molecule has 0 aliphatic heterocycles. The van der Waals surface area contributed by atoms with Gasteiger partial charge in [0, 0.05) is 11.1 Å². The Morgan fingerprint density at radius 3 is 2.90 bits per heavy atom. The van der Waals surface area contributed by atoms with Gasteiger partial charge in [-0.3, -0.25) is 0 Å². The van der Waals surface area contributed by atoms with Crippen LogP contribution >= 0.6 is 11.3 Å². The third-order valence-corrected chi connectivity index (χ3v) is 3.36. The molecule has 2 aromatic rings. The number of nitrogens with zero attached hydrogens (tertiary/aromatic N) is 2. The molecule has 0 saturated heterocycles. The van der Waals surface area contributed by atoms with E-state index in [1.54, 1.807) is 18.2 Å². The molecular weight excluding hydrogens is 282 g/mol. The van der Waals surface area contributed by atoms with Gasteiger partial charge in [0.2, 0.25) is 0 Å². The molecule has 1 heterocycles. The second-order valence-corrected chi connectivity index (χ2v) is 4.77. The number of allylic oxidation sites excluding steroid dienone is 1. The minimum atomic E-state index is -2.87. The summed E-state index contributed by atoms with van der Waals surface area (Å²) in [6.45, 7) is -1.03. The Labute approximate surface area is 118 Å². The minimum absolute atomic E-state index is 0.0568. The van der Waals surface area contributed by atoms with Gasteiger partial charge in [-0.25, -0.2) is 4.98 Å². The van der Waals surface area contributed by atoms with Crippen LogP contribution in [0.25, 0.3) is 11.6 Å². The van der Waals surface area contributed by atoms with Crippen molar-refractivity contribution in [3.05, 3.63) is 45.9 Å². The van der Waals surface area contributed by atoms with Crippen molar-refractivity contribution in [3.63, 3.8) is 0 Å².